The minimum atomic E-state index is -2.06. The van der Waals surface area contributed by atoms with Crippen molar-refractivity contribution in [2.45, 2.75) is 189 Å². The molecule has 77 heavy (non-hydrogen) atoms. The summed E-state index contributed by atoms with van der Waals surface area (Å²) in [6.07, 6.45) is -9.39. The van der Waals surface area contributed by atoms with Crippen LogP contribution in [0.5, 0.6) is 0 Å². The summed E-state index contributed by atoms with van der Waals surface area (Å²) in [5, 5.41) is 98.6. The summed E-state index contributed by atoms with van der Waals surface area (Å²) in [5.41, 5.74) is -7.44. The number of hydrogen-bond acceptors (Lipinski definition) is 15. The van der Waals surface area contributed by atoms with E-state index in [1.54, 1.807) is 0 Å². The standard InChI is InChI=1S/C48H71N5O24/c1-3-28-77-29-31(49-30(2)54)44(76)53-48(16-4-32(55)50-45(19-7-35(58)59,20-8-36(60)61)21-9-37(62)63,17-5-33(56)51-46(22-10-38(64)65,23-11-39(66)67)24-12-40(68)69)18-6-34(57)52-47(25-13-41(70)71,26-14-42(72)73)27-15-43(74)75/h1,31H,4-29H2,2H3,(H,49,54)(H,50,55)(H,51,56)(H,52,57)(H,53,76)(H,58,59)(H,60,61)(H,62,63)(H,64,65)(H,66,67)(H,68,69)(H,70,71)(H,72,73)(H,74,75)/t31-/m0/s1. The molecule has 0 aliphatic carbocycles. The topological polar surface area (TPSA) is 490 Å². The number of carboxylic acids is 9. The van der Waals surface area contributed by atoms with Crippen molar-refractivity contribution in [3.05, 3.63) is 0 Å². The second kappa shape index (κ2) is 34.6. The lowest BCUT2D eigenvalue weighted by atomic mass is 9.80. The van der Waals surface area contributed by atoms with E-state index in [2.05, 4.69) is 32.5 Å². The number of hydrogen-bond donors (Lipinski definition) is 14. The van der Waals surface area contributed by atoms with Crippen LogP contribution >= 0.6 is 0 Å². The van der Waals surface area contributed by atoms with Crippen LogP contribution in [0.4, 0.5) is 0 Å². The number of carboxylic acid groups (broad SMARTS) is 9. The summed E-state index contributed by atoms with van der Waals surface area (Å²) in [7, 11) is 0. The third-order valence-corrected chi connectivity index (χ3v) is 12.6. The van der Waals surface area contributed by atoms with Crippen LogP contribution in [-0.4, -0.2) is 171 Å². The summed E-state index contributed by atoms with van der Waals surface area (Å²) in [6, 6.07) is -1.61. The van der Waals surface area contributed by atoms with Crippen LogP contribution in [0, 0.1) is 12.3 Å². The van der Waals surface area contributed by atoms with E-state index in [1.807, 2.05) is 0 Å². The lowest BCUT2D eigenvalue weighted by Gasteiger charge is -2.39. The van der Waals surface area contributed by atoms with E-state index in [1.165, 1.54) is 0 Å². The molecule has 0 aromatic rings. The number of rotatable bonds is 45. The monoisotopic (exact) mass is 1100 g/mol. The molecule has 0 aromatic heterocycles. The second-order valence-corrected chi connectivity index (χ2v) is 18.8. The van der Waals surface area contributed by atoms with Gasteiger partial charge in [-0.15, -0.1) is 6.42 Å². The Morgan fingerprint density at radius 1 is 0.377 bits per heavy atom. The van der Waals surface area contributed by atoms with Crippen LogP contribution in [0.25, 0.3) is 0 Å². The maximum atomic E-state index is 14.4. The van der Waals surface area contributed by atoms with Crippen molar-refractivity contribution in [3.63, 3.8) is 0 Å². The van der Waals surface area contributed by atoms with E-state index in [4.69, 9.17) is 11.2 Å². The fraction of sp³-hybridized carbons (Fsp3) is 0.667. The molecule has 29 nitrogen and oxygen atoms in total. The second-order valence-electron chi connectivity index (χ2n) is 18.8. The summed E-state index contributed by atoms with van der Waals surface area (Å²) in [4.78, 5) is 175. The van der Waals surface area contributed by atoms with Crippen LogP contribution in [0.2, 0.25) is 0 Å². The van der Waals surface area contributed by atoms with Gasteiger partial charge >= 0.3 is 53.7 Å². The van der Waals surface area contributed by atoms with Crippen molar-refractivity contribution in [3.8, 4) is 12.3 Å². The lowest BCUT2D eigenvalue weighted by molar-refractivity contribution is -0.141. The Morgan fingerprint density at radius 2 is 0.584 bits per heavy atom. The fourth-order valence-electron chi connectivity index (χ4n) is 8.51. The Kier molecular flexibility index (Phi) is 31.1. The molecule has 0 unspecified atom stereocenters. The number of carbonyl (C=O) groups is 14. The van der Waals surface area contributed by atoms with Gasteiger partial charge in [0, 0.05) is 106 Å². The zero-order valence-corrected chi connectivity index (χ0v) is 42.7. The predicted molar refractivity (Wildman–Crippen MR) is 260 cm³/mol. The number of carbonyl (C=O) groups excluding carboxylic acids is 5. The first-order valence-corrected chi connectivity index (χ1v) is 24.3. The average molecular weight is 1100 g/mol. The highest BCUT2D eigenvalue weighted by atomic mass is 16.5. The minimum Gasteiger partial charge on any atom is -0.481 e. The number of ether oxygens (including phenoxy) is 1. The van der Waals surface area contributed by atoms with Gasteiger partial charge in [0.25, 0.3) is 0 Å². The largest absolute Gasteiger partial charge is 0.481 e. The molecule has 432 valence electrons. The molecule has 29 heteroatoms. The van der Waals surface area contributed by atoms with E-state index >= 15 is 0 Å². The predicted octanol–water partition coefficient (Wildman–Crippen LogP) is 0.685. The third kappa shape index (κ3) is 31.6. The average Bonchev–Trinajstić information content (AvgIpc) is 3.32. The summed E-state index contributed by atoms with van der Waals surface area (Å²) >= 11 is 0. The van der Waals surface area contributed by atoms with Crippen LogP contribution in [0.1, 0.15) is 161 Å². The van der Waals surface area contributed by atoms with Gasteiger partial charge in [-0.05, 0) is 77.0 Å². The van der Waals surface area contributed by atoms with Crippen LogP contribution in [-0.2, 0) is 71.9 Å². The Morgan fingerprint density at radius 3 is 0.779 bits per heavy atom. The van der Waals surface area contributed by atoms with Crippen molar-refractivity contribution in [1.29, 1.82) is 0 Å². The normalized spacial score (nSPS) is 11.9. The van der Waals surface area contributed by atoms with E-state index < -0.39 is 272 Å². The summed E-state index contributed by atoms with van der Waals surface area (Å²) in [6.45, 7) is 0.0315. The van der Waals surface area contributed by atoms with Crippen molar-refractivity contribution in [2.75, 3.05) is 13.2 Å². The van der Waals surface area contributed by atoms with Gasteiger partial charge in [-0.25, -0.2) is 0 Å². The molecule has 0 bridgehead atoms. The van der Waals surface area contributed by atoms with Gasteiger partial charge in [-0.2, -0.15) is 0 Å². The SMILES string of the molecule is C#CCOC[C@H](NC(C)=O)C(=O)NC(CCC(=O)NC(CCC(=O)O)(CCC(=O)O)CCC(=O)O)(CCC(=O)NC(CCC(=O)O)(CCC(=O)O)CCC(=O)O)CCC(=O)NC(CCC(=O)O)(CCC(=O)O)CCC(=O)O. The Hall–Kier alpha value is -7.90. The fourth-order valence-corrected chi connectivity index (χ4v) is 8.51. The molecule has 0 fully saturated rings. The van der Waals surface area contributed by atoms with Gasteiger partial charge in [0.1, 0.15) is 12.6 Å². The van der Waals surface area contributed by atoms with E-state index in [0.29, 0.717) is 0 Å². The molecule has 1 atom stereocenters. The van der Waals surface area contributed by atoms with Gasteiger partial charge in [0.15, 0.2) is 0 Å². The minimum absolute atomic E-state index is 0.386. The van der Waals surface area contributed by atoms with Crippen molar-refractivity contribution >= 4 is 83.3 Å². The molecule has 0 aliphatic rings. The van der Waals surface area contributed by atoms with Gasteiger partial charge < -0.3 is 77.3 Å². The molecule has 0 aromatic carbocycles. The maximum Gasteiger partial charge on any atom is 0.303 e. The molecule has 5 amide bonds. The first-order valence-electron chi connectivity index (χ1n) is 24.3. The Balaban J connectivity index is 8.17. The Labute approximate surface area is 441 Å². The highest BCUT2D eigenvalue weighted by Gasteiger charge is 2.41. The van der Waals surface area contributed by atoms with Crippen LogP contribution in [0.15, 0.2) is 0 Å². The van der Waals surface area contributed by atoms with Crippen molar-refractivity contribution in [2.24, 2.45) is 0 Å². The molecule has 14 N–H and O–H groups in total. The molecule has 0 saturated heterocycles. The highest BCUT2D eigenvalue weighted by Crippen LogP contribution is 2.32. The third-order valence-electron chi connectivity index (χ3n) is 12.6. The number of terminal acetylenes is 1. The molecular weight excluding hydrogens is 1030 g/mol. The zero-order valence-electron chi connectivity index (χ0n) is 42.7. The Bertz CT molecular complexity index is 1840. The molecule has 0 spiro atoms. The molecule has 0 aliphatic heterocycles. The van der Waals surface area contributed by atoms with Gasteiger partial charge in [0.2, 0.25) is 29.5 Å². The zero-order chi connectivity index (χ0) is 59.0. The first kappa shape index (κ1) is 69.1. The molecule has 0 radical (unpaired) electrons. The van der Waals surface area contributed by atoms with E-state index in [0.717, 1.165) is 6.92 Å². The number of amides is 5. The number of aliphatic carboxylic acids is 9. The highest BCUT2D eigenvalue weighted by molar-refractivity contribution is 5.88. The quantitative estimate of drug-likeness (QED) is 0.0294. The molecule has 0 saturated carbocycles. The van der Waals surface area contributed by atoms with Crippen molar-refractivity contribution < 1.29 is 118 Å². The van der Waals surface area contributed by atoms with Crippen molar-refractivity contribution in [1.82, 2.24) is 26.6 Å². The summed E-state index contributed by atoms with van der Waals surface area (Å²) in [5.74, 6) is -15.4. The molecular formula is C48H71N5O24. The van der Waals surface area contributed by atoms with Crippen LogP contribution < -0.4 is 26.6 Å². The van der Waals surface area contributed by atoms with Gasteiger partial charge in [-0.1, -0.05) is 5.92 Å². The van der Waals surface area contributed by atoms with E-state index in [-0.39, 0.29) is 6.61 Å². The summed E-state index contributed by atoms with van der Waals surface area (Å²) < 4.78 is 5.32. The lowest BCUT2D eigenvalue weighted by Crippen LogP contribution is -2.58. The smallest absolute Gasteiger partial charge is 0.303 e. The first-order chi connectivity index (χ1) is 35.8. The van der Waals surface area contributed by atoms with E-state index in [9.17, 15) is 113 Å². The van der Waals surface area contributed by atoms with Gasteiger partial charge in [0.05, 0.1) is 6.61 Å². The molecule has 0 rings (SSSR count). The number of nitrogens with one attached hydrogen (secondary N) is 5. The molecule has 0 heterocycles. The van der Waals surface area contributed by atoms with Crippen LogP contribution in [0.3, 0.4) is 0 Å². The maximum absolute atomic E-state index is 14.4. The van der Waals surface area contributed by atoms with Gasteiger partial charge in [-0.3, -0.25) is 67.1 Å².